The third-order valence-corrected chi connectivity index (χ3v) is 3.08. The van der Waals surface area contributed by atoms with Crippen LogP contribution >= 0.6 is 11.6 Å². The molecule has 2 nitrogen and oxygen atoms in total. The smallest absolute Gasteiger partial charge is 0.222 e. The Morgan fingerprint density at radius 1 is 1.33 bits per heavy atom. The zero-order valence-electron chi connectivity index (χ0n) is 11.3. The lowest BCUT2D eigenvalue weighted by molar-refractivity contribution is -0.130. The maximum Gasteiger partial charge on any atom is 0.222 e. The lowest BCUT2D eigenvalue weighted by atomic mass is 10.1. The highest BCUT2D eigenvalue weighted by Gasteiger charge is 2.11. The highest BCUT2D eigenvalue weighted by atomic mass is 35.5. The summed E-state index contributed by atoms with van der Waals surface area (Å²) in [4.78, 5) is 13.9. The van der Waals surface area contributed by atoms with E-state index in [9.17, 15) is 4.79 Å². The number of nitrogens with zero attached hydrogens (tertiary/aromatic N) is 1. The summed E-state index contributed by atoms with van der Waals surface area (Å²) in [6.07, 6.45) is 2.36. The second kappa shape index (κ2) is 8.15. The fourth-order valence-electron chi connectivity index (χ4n) is 2.01. The van der Waals surface area contributed by atoms with E-state index >= 15 is 0 Å². The van der Waals surface area contributed by atoms with Gasteiger partial charge < -0.3 is 4.90 Å². The van der Waals surface area contributed by atoms with Crippen LogP contribution in [0, 0.1) is 6.92 Å². The molecule has 0 aliphatic rings. The van der Waals surface area contributed by atoms with Gasteiger partial charge in [0.2, 0.25) is 5.91 Å². The fourth-order valence-corrected chi connectivity index (χ4v) is 2.21. The molecule has 0 spiro atoms. The maximum absolute atomic E-state index is 12.0. The largest absolute Gasteiger partial charge is 0.342 e. The fraction of sp³-hybridized carbons (Fsp3) is 0.533. The summed E-state index contributed by atoms with van der Waals surface area (Å²) >= 11 is 5.72. The van der Waals surface area contributed by atoms with Crippen molar-refractivity contribution in [1.82, 2.24) is 4.90 Å². The molecule has 0 bridgehead atoms. The Kier molecular flexibility index (Phi) is 6.81. The summed E-state index contributed by atoms with van der Waals surface area (Å²) in [5, 5.41) is 0. The molecule has 0 saturated carbocycles. The number of hydrogen-bond donors (Lipinski definition) is 0. The van der Waals surface area contributed by atoms with Crippen LogP contribution in [0.4, 0.5) is 0 Å². The van der Waals surface area contributed by atoms with Crippen LogP contribution in [0.25, 0.3) is 0 Å². The van der Waals surface area contributed by atoms with Gasteiger partial charge in [-0.25, -0.2) is 0 Å². The number of aryl methyl sites for hydroxylation is 2. The van der Waals surface area contributed by atoms with Gasteiger partial charge in [-0.1, -0.05) is 36.8 Å². The van der Waals surface area contributed by atoms with E-state index in [0.717, 1.165) is 19.4 Å². The third kappa shape index (κ3) is 5.09. The first-order valence-electron chi connectivity index (χ1n) is 6.56. The van der Waals surface area contributed by atoms with E-state index in [1.165, 1.54) is 11.1 Å². The number of rotatable bonds is 7. The van der Waals surface area contributed by atoms with E-state index in [-0.39, 0.29) is 5.91 Å². The van der Waals surface area contributed by atoms with Crippen molar-refractivity contribution in [3.63, 3.8) is 0 Å². The summed E-state index contributed by atoms with van der Waals surface area (Å²) in [6.45, 7) is 5.61. The monoisotopic (exact) mass is 267 g/mol. The molecule has 1 aromatic rings. The van der Waals surface area contributed by atoms with E-state index in [0.29, 0.717) is 18.8 Å². The number of benzene rings is 1. The van der Waals surface area contributed by atoms with Crippen molar-refractivity contribution in [1.29, 1.82) is 0 Å². The van der Waals surface area contributed by atoms with Crippen LogP contribution in [0.5, 0.6) is 0 Å². The molecule has 1 amide bonds. The zero-order valence-corrected chi connectivity index (χ0v) is 12.0. The van der Waals surface area contributed by atoms with E-state index in [4.69, 9.17) is 11.6 Å². The first-order chi connectivity index (χ1) is 8.67. The molecule has 1 aromatic carbocycles. The SMILES string of the molecule is CCCN(CCCl)C(=O)CCc1cccc(C)c1. The van der Waals surface area contributed by atoms with Gasteiger partial charge in [0.05, 0.1) is 0 Å². The van der Waals surface area contributed by atoms with Crippen LogP contribution in [0.1, 0.15) is 30.9 Å². The molecule has 100 valence electrons. The van der Waals surface area contributed by atoms with Gasteiger partial charge in [-0.2, -0.15) is 0 Å². The molecule has 3 heteroatoms. The molecule has 0 aliphatic heterocycles. The summed E-state index contributed by atoms with van der Waals surface area (Å²) in [6, 6.07) is 8.32. The number of halogens is 1. The second-order valence-electron chi connectivity index (χ2n) is 4.56. The minimum atomic E-state index is 0.207. The highest BCUT2D eigenvalue weighted by Crippen LogP contribution is 2.08. The standard InChI is InChI=1S/C15H22ClNO/c1-3-10-17(11-9-16)15(18)8-7-14-6-4-5-13(2)12-14/h4-6,12H,3,7-11H2,1-2H3. The van der Waals surface area contributed by atoms with E-state index < -0.39 is 0 Å². The molecule has 0 atom stereocenters. The van der Waals surface area contributed by atoms with Gasteiger partial charge in [0, 0.05) is 25.4 Å². The Morgan fingerprint density at radius 2 is 2.11 bits per heavy atom. The predicted molar refractivity (Wildman–Crippen MR) is 77.1 cm³/mol. The summed E-state index contributed by atoms with van der Waals surface area (Å²) in [5.74, 6) is 0.718. The molecule has 0 saturated heterocycles. The average Bonchev–Trinajstić information content (AvgIpc) is 2.36. The predicted octanol–water partition coefficient (Wildman–Crippen LogP) is 3.41. The summed E-state index contributed by atoms with van der Waals surface area (Å²) in [5.41, 5.74) is 2.47. The third-order valence-electron chi connectivity index (χ3n) is 2.91. The van der Waals surface area contributed by atoms with Gasteiger partial charge in [0.15, 0.2) is 0 Å². The van der Waals surface area contributed by atoms with Gasteiger partial charge in [-0.3, -0.25) is 4.79 Å². The molecule has 0 radical (unpaired) electrons. The summed E-state index contributed by atoms with van der Waals surface area (Å²) in [7, 11) is 0. The van der Waals surface area contributed by atoms with Gasteiger partial charge in [0.25, 0.3) is 0 Å². The molecule has 0 fully saturated rings. The topological polar surface area (TPSA) is 20.3 Å². The van der Waals surface area contributed by atoms with E-state index in [1.54, 1.807) is 0 Å². The Balaban J connectivity index is 2.48. The number of amides is 1. The average molecular weight is 268 g/mol. The Morgan fingerprint density at radius 3 is 2.72 bits per heavy atom. The minimum Gasteiger partial charge on any atom is -0.342 e. The quantitative estimate of drug-likeness (QED) is 0.694. The molecular weight excluding hydrogens is 246 g/mol. The maximum atomic E-state index is 12.0. The Labute approximate surface area is 115 Å². The van der Waals surface area contributed by atoms with Gasteiger partial charge >= 0.3 is 0 Å². The van der Waals surface area contributed by atoms with Crippen molar-refractivity contribution in [3.05, 3.63) is 35.4 Å². The van der Waals surface area contributed by atoms with Gasteiger partial charge in [-0.05, 0) is 25.3 Å². The van der Waals surface area contributed by atoms with Crippen molar-refractivity contribution >= 4 is 17.5 Å². The first kappa shape index (κ1) is 15.0. The van der Waals surface area contributed by atoms with E-state index in [2.05, 4.69) is 32.0 Å². The van der Waals surface area contributed by atoms with Crippen LogP contribution in [-0.2, 0) is 11.2 Å². The highest BCUT2D eigenvalue weighted by molar-refractivity contribution is 6.18. The van der Waals surface area contributed by atoms with Crippen LogP contribution in [0.15, 0.2) is 24.3 Å². The molecule has 0 unspecified atom stereocenters. The normalized spacial score (nSPS) is 10.4. The van der Waals surface area contributed by atoms with Crippen molar-refractivity contribution in [2.45, 2.75) is 33.1 Å². The first-order valence-corrected chi connectivity index (χ1v) is 7.10. The number of alkyl halides is 1. The number of hydrogen-bond acceptors (Lipinski definition) is 1. The number of carbonyl (C=O) groups is 1. The lowest BCUT2D eigenvalue weighted by Gasteiger charge is -2.21. The van der Waals surface area contributed by atoms with Crippen LogP contribution < -0.4 is 0 Å². The molecular formula is C15H22ClNO. The molecule has 0 N–H and O–H groups in total. The van der Waals surface area contributed by atoms with Crippen LogP contribution in [-0.4, -0.2) is 29.8 Å². The molecule has 0 heterocycles. The Hall–Kier alpha value is -1.02. The molecule has 0 aliphatic carbocycles. The number of carbonyl (C=O) groups excluding carboxylic acids is 1. The second-order valence-corrected chi connectivity index (χ2v) is 4.94. The molecule has 0 aromatic heterocycles. The van der Waals surface area contributed by atoms with Crippen molar-refractivity contribution in [2.24, 2.45) is 0 Å². The van der Waals surface area contributed by atoms with Crippen LogP contribution in [0.3, 0.4) is 0 Å². The van der Waals surface area contributed by atoms with Crippen molar-refractivity contribution < 1.29 is 4.79 Å². The molecule has 18 heavy (non-hydrogen) atoms. The van der Waals surface area contributed by atoms with Crippen LogP contribution in [0.2, 0.25) is 0 Å². The van der Waals surface area contributed by atoms with Gasteiger partial charge in [-0.15, -0.1) is 11.6 Å². The molecule has 1 rings (SSSR count). The summed E-state index contributed by atoms with van der Waals surface area (Å²) < 4.78 is 0. The Bertz CT molecular complexity index is 373. The van der Waals surface area contributed by atoms with Crippen molar-refractivity contribution in [2.75, 3.05) is 19.0 Å². The van der Waals surface area contributed by atoms with Gasteiger partial charge in [0.1, 0.15) is 0 Å². The zero-order chi connectivity index (χ0) is 13.4. The minimum absolute atomic E-state index is 0.207. The van der Waals surface area contributed by atoms with Crippen molar-refractivity contribution in [3.8, 4) is 0 Å². The lowest BCUT2D eigenvalue weighted by Crippen LogP contribution is -2.33. The van der Waals surface area contributed by atoms with E-state index in [1.807, 2.05) is 11.0 Å².